The quantitative estimate of drug-likeness (QED) is 0.588. The number of hydrogen-bond acceptors (Lipinski definition) is 4. The van der Waals surface area contributed by atoms with Crippen molar-refractivity contribution in [2.24, 2.45) is 17.3 Å². The van der Waals surface area contributed by atoms with Crippen molar-refractivity contribution in [3.8, 4) is 11.1 Å². The summed E-state index contributed by atoms with van der Waals surface area (Å²) >= 11 is 0. The summed E-state index contributed by atoms with van der Waals surface area (Å²) in [6.45, 7) is 4.12. The van der Waals surface area contributed by atoms with Gasteiger partial charge in [-0.3, -0.25) is 9.59 Å². The molecular formula is C25H28N2O5. The Balaban J connectivity index is 1.27. The Kier molecular flexibility index (Phi) is 5.91. The molecule has 2 unspecified atom stereocenters. The zero-order valence-corrected chi connectivity index (χ0v) is 18.3. The van der Waals surface area contributed by atoms with Crippen LogP contribution in [0.5, 0.6) is 0 Å². The number of hydrogen-bond donors (Lipinski definition) is 3. The molecule has 0 bridgehead atoms. The molecule has 0 aliphatic heterocycles. The molecule has 2 atom stereocenters. The van der Waals surface area contributed by atoms with Crippen LogP contribution in [0.25, 0.3) is 11.1 Å². The van der Waals surface area contributed by atoms with Crippen LogP contribution in [-0.4, -0.2) is 42.8 Å². The maximum absolute atomic E-state index is 12.5. The van der Waals surface area contributed by atoms with E-state index in [4.69, 9.17) is 9.84 Å². The fourth-order valence-corrected chi connectivity index (χ4v) is 4.26. The van der Waals surface area contributed by atoms with Crippen molar-refractivity contribution in [3.63, 3.8) is 0 Å². The average Bonchev–Trinajstić information content (AvgIpc) is 3.50. The minimum absolute atomic E-state index is 0.0117. The number of carboxylic acids is 1. The van der Waals surface area contributed by atoms with Gasteiger partial charge >= 0.3 is 12.1 Å². The molecule has 2 amide bonds. The van der Waals surface area contributed by atoms with Crippen LogP contribution in [0.3, 0.4) is 0 Å². The van der Waals surface area contributed by atoms with Gasteiger partial charge < -0.3 is 20.5 Å². The topological polar surface area (TPSA) is 105 Å². The fourth-order valence-electron chi connectivity index (χ4n) is 4.26. The van der Waals surface area contributed by atoms with Crippen LogP contribution in [0.1, 0.15) is 37.3 Å². The summed E-state index contributed by atoms with van der Waals surface area (Å²) in [5.74, 6) is -1.45. The molecule has 1 fully saturated rings. The van der Waals surface area contributed by atoms with E-state index in [-0.39, 0.29) is 36.8 Å². The molecule has 3 N–H and O–H groups in total. The third-order valence-electron chi connectivity index (χ3n) is 6.40. The highest BCUT2D eigenvalue weighted by atomic mass is 16.5. The van der Waals surface area contributed by atoms with Crippen LogP contribution < -0.4 is 10.6 Å². The molecule has 2 aliphatic rings. The smallest absolute Gasteiger partial charge is 0.407 e. The first-order valence-electron chi connectivity index (χ1n) is 10.9. The van der Waals surface area contributed by atoms with Crippen molar-refractivity contribution < 1.29 is 24.2 Å². The first-order valence-corrected chi connectivity index (χ1v) is 10.9. The molecule has 0 spiro atoms. The minimum atomic E-state index is -0.848. The Morgan fingerprint density at radius 2 is 1.59 bits per heavy atom. The SMILES string of the molecule is CC(C)(CNC(=O)OCC1c2ccccc2-c2ccccc21)C(=O)NCC1CC1C(=O)O. The molecule has 2 aromatic rings. The lowest BCUT2D eigenvalue weighted by Crippen LogP contribution is -2.45. The summed E-state index contributed by atoms with van der Waals surface area (Å²) in [4.78, 5) is 35.7. The van der Waals surface area contributed by atoms with Crippen molar-refractivity contribution in [3.05, 3.63) is 59.7 Å². The van der Waals surface area contributed by atoms with Gasteiger partial charge in [-0.25, -0.2) is 4.79 Å². The Morgan fingerprint density at radius 3 is 2.16 bits per heavy atom. The highest BCUT2D eigenvalue weighted by molar-refractivity contribution is 5.83. The maximum Gasteiger partial charge on any atom is 0.407 e. The van der Waals surface area contributed by atoms with Crippen LogP contribution in [0.15, 0.2) is 48.5 Å². The highest BCUT2D eigenvalue weighted by Crippen LogP contribution is 2.44. The molecule has 0 saturated heterocycles. The summed E-state index contributed by atoms with van der Waals surface area (Å²) in [6.07, 6.45) is 0.0227. The summed E-state index contributed by atoms with van der Waals surface area (Å²) in [6, 6.07) is 16.3. The molecule has 1 saturated carbocycles. The van der Waals surface area contributed by atoms with Gasteiger partial charge in [0.05, 0.1) is 11.3 Å². The first-order chi connectivity index (χ1) is 15.3. The van der Waals surface area contributed by atoms with Gasteiger partial charge in [-0.2, -0.15) is 0 Å². The van der Waals surface area contributed by atoms with E-state index in [1.165, 1.54) is 0 Å². The molecule has 4 rings (SSSR count). The van der Waals surface area contributed by atoms with Crippen molar-refractivity contribution in [1.82, 2.24) is 10.6 Å². The molecule has 168 valence electrons. The summed E-state index contributed by atoms with van der Waals surface area (Å²) < 4.78 is 5.52. The van der Waals surface area contributed by atoms with E-state index in [0.29, 0.717) is 13.0 Å². The van der Waals surface area contributed by atoms with Gasteiger partial charge in [-0.1, -0.05) is 48.5 Å². The number of benzene rings is 2. The second-order valence-corrected chi connectivity index (χ2v) is 9.21. The number of nitrogens with one attached hydrogen (secondary N) is 2. The maximum atomic E-state index is 12.5. The number of carbonyl (C=O) groups excluding carboxylic acids is 2. The molecule has 0 aromatic heterocycles. The van der Waals surface area contributed by atoms with Crippen molar-refractivity contribution in [2.45, 2.75) is 26.2 Å². The van der Waals surface area contributed by atoms with Crippen molar-refractivity contribution in [2.75, 3.05) is 19.7 Å². The van der Waals surface area contributed by atoms with E-state index in [0.717, 1.165) is 22.3 Å². The summed E-state index contributed by atoms with van der Waals surface area (Å²) in [7, 11) is 0. The van der Waals surface area contributed by atoms with Gasteiger partial charge in [0.2, 0.25) is 5.91 Å². The molecular weight excluding hydrogens is 408 g/mol. The number of aliphatic carboxylic acids is 1. The van der Waals surface area contributed by atoms with Gasteiger partial charge in [0.15, 0.2) is 0 Å². The summed E-state index contributed by atoms with van der Waals surface area (Å²) in [5, 5.41) is 14.4. The Labute approximate surface area is 187 Å². The Morgan fingerprint density at radius 1 is 1.00 bits per heavy atom. The number of fused-ring (bicyclic) bond motifs is 3. The zero-order valence-electron chi connectivity index (χ0n) is 18.3. The first kappa shape index (κ1) is 21.9. The Bertz CT molecular complexity index is 1000. The van der Waals surface area contributed by atoms with Crippen LogP contribution in [0, 0.1) is 17.3 Å². The monoisotopic (exact) mass is 436 g/mol. The Hall–Kier alpha value is -3.35. The van der Waals surface area contributed by atoms with E-state index in [2.05, 4.69) is 34.9 Å². The van der Waals surface area contributed by atoms with Gasteiger partial charge in [-0.15, -0.1) is 0 Å². The third-order valence-corrected chi connectivity index (χ3v) is 6.40. The van der Waals surface area contributed by atoms with Gasteiger partial charge in [0, 0.05) is 19.0 Å². The largest absolute Gasteiger partial charge is 0.481 e. The molecule has 7 nitrogen and oxygen atoms in total. The van der Waals surface area contributed by atoms with Gasteiger partial charge in [0.1, 0.15) is 6.61 Å². The van der Waals surface area contributed by atoms with Crippen LogP contribution in [0.4, 0.5) is 4.79 Å². The van der Waals surface area contributed by atoms with E-state index in [1.54, 1.807) is 13.8 Å². The van der Waals surface area contributed by atoms with Crippen LogP contribution in [0.2, 0.25) is 0 Å². The molecule has 2 aromatic carbocycles. The number of rotatable bonds is 8. The van der Waals surface area contributed by atoms with E-state index >= 15 is 0 Å². The molecule has 0 heterocycles. The molecule has 2 aliphatic carbocycles. The number of carboxylic acid groups (broad SMARTS) is 1. The van der Waals surface area contributed by atoms with Crippen LogP contribution in [-0.2, 0) is 14.3 Å². The molecule has 32 heavy (non-hydrogen) atoms. The number of amides is 2. The lowest BCUT2D eigenvalue weighted by Gasteiger charge is -2.24. The predicted molar refractivity (Wildman–Crippen MR) is 119 cm³/mol. The second-order valence-electron chi connectivity index (χ2n) is 9.21. The van der Waals surface area contributed by atoms with Crippen LogP contribution >= 0.6 is 0 Å². The van der Waals surface area contributed by atoms with Gasteiger partial charge in [0.25, 0.3) is 0 Å². The lowest BCUT2D eigenvalue weighted by atomic mass is 9.92. The highest BCUT2D eigenvalue weighted by Gasteiger charge is 2.43. The van der Waals surface area contributed by atoms with E-state index < -0.39 is 17.5 Å². The molecule has 7 heteroatoms. The minimum Gasteiger partial charge on any atom is -0.481 e. The van der Waals surface area contributed by atoms with E-state index in [9.17, 15) is 14.4 Å². The standard InChI is InChI=1S/C25H28N2O5/c1-25(2,23(30)26-12-15-11-20(15)22(28)29)14-27-24(31)32-13-21-18-9-5-3-7-16(18)17-8-4-6-10-19(17)21/h3-10,15,20-21H,11-14H2,1-2H3,(H,26,30)(H,27,31)(H,28,29). The number of alkyl carbamates (subject to hydrolysis) is 1. The zero-order chi connectivity index (χ0) is 22.9. The lowest BCUT2D eigenvalue weighted by molar-refractivity contribution is -0.139. The summed E-state index contributed by atoms with van der Waals surface area (Å²) in [5.41, 5.74) is 3.76. The second kappa shape index (κ2) is 8.65. The average molecular weight is 437 g/mol. The normalized spacial score (nSPS) is 18.9. The predicted octanol–water partition coefficient (Wildman–Crippen LogP) is 3.39. The fraction of sp³-hybridized carbons (Fsp3) is 0.400. The molecule has 0 radical (unpaired) electrons. The van der Waals surface area contributed by atoms with Crippen molar-refractivity contribution in [1.29, 1.82) is 0 Å². The van der Waals surface area contributed by atoms with Gasteiger partial charge in [-0.05, 0) is 48.4 Å². The number of ether oxygens (including phenoxy) is 1. The third kappa shape index (κ3) is 4.47. The van der Waals surface area contributed by atoms with E-state index in [1.807, 2.05) is 24.3 Å². The number of carbonyl (C=O) groups is 3. The van der Waals surface area contributed by atoms with Crippen molar-refractivity contribution >= 4 is 18.0 Å².